The Kier molecular flexibility index (Phi) is 3.43. The minimum atomic E-state index is -0.315. The van der Waals surface area contributed by atoms with Gasteiger partial charge in [-0.3, -0.25) is 14.4 Å². The first kappa shape index (κ1) is 15.5. The number of benzene rings is 2. The van der Waals surface area contributed by atoms with Crippen molar-refractivity contribution in [3.63, 3.8) is 0 Å². The minimum Gasteiger partial charge on any atom is -0.495 e. The lowest BCUT2D eigenvalue weighted by atomic mass is 9.82. The number of thiophene rings is 1. The summed E-state index contributed by atoms with van der Waals surface area (Å²) in [5.74, 6) is -0.0626. The van der Waals surface area contributed by atoms with Crippen molar-refractivity contribution >= 4 is 39.3 Å². The van der Waals surface area contributed by atoms with Gasteiger partial charge in [0.2, 0.25) is 0 Å². The molecule has 0 spiro atoms. The van der Waals surface area contributed by atoms with Crippen LogP contribution in [-0.4, -0.2) is 32.1 Å². The molecule has 0 fully saturated rings. The van der Waals surface area contributed by atoms with Gasteiger partial charge in [0.25, 0.3) is 0 Å². The fourth-order valence-corrected chi connectivity index (χ4v) is 4.34. The summed E-state index contributed by atoms with van der Waals surface area (Å²) in [7, 11) is 2.87. The van der Waals surface area contributed by atoms with Crippen LogP contribution in [0.4, 0.5) is 0 Å². The molecule has 0 N–H and O–H groups in total. The van der Waals surface area contributed by atoms with Gasteiger partial charge in [-0.15, -0.1) is 11.3 Å². The number of hydrogen-bond acceptors (Lipinski definition) is 6. The molecule has 1 aliphatic carbocycles. The number of rotatable bonds is 3. The standard InChI is InChI=1S/C19H12O5S/c1-23-17-12-9(7-20)8-25-19(12)18(24-2)14-13(17)15(21)10-5-3-4-6-11(10)16(14)22/h3-8H,1-2H3. The quantitative estimate of drug-likeness (QED) is 0.528. The second-order valence-corrected chi connectivity index (χ2v) is 6.41. The number of aldehydes is 1. The molecule has 124 valence electrons. The molecule has 0 saturated carbocycles. The van der Waals surface area contributed by atoms with Gasteiger partial charge in [0.15, 0.2) is 17.9 Å². The predicted octanol–water partition coefficient (Wildman–Crippen LogP) is 3.51. The molecule has 6 heteroatoms. The van der Waals surface area contributed by atoms with Gasteiger partial charge in [0.1, 0.15) is 11.5 Å². The molecule has 2 aromatic carbocycles. The van der Waals surface area contributed by atoms with E-state index in [0.29, 0.717) is 38.8 Å². The van der Waals surface area contributed by atoms with E-state index in [1.807, 2.05) is 0 Å². The predicted molar refractivity (Wildman–Crippen MR) is 93.6 cm³/mol. The summed E-state index contributed by atoms with van der Waals surface area (Å²) in [6.45, 7) is 0. The fraction of sp³-hybridized carbons (Fsp3) is 0.105. The lowest BCUT2D eigenvalue weighted by Gasteiger charge is -2.22. The van der Waals surface area contributed by atoms with Gasteiger partial charge in [-0.2, -0.15) is 0 Å². The van der Waals surface area contributed by atoms with E-state index in [1.165, 1.54) is 25.6 Å². The van der Waals surface area contributed by atoms with E-state index in [2.05, 4.69) is 0 Å². The van der Waals surface area contributed by atoms with E-state index < -0.39 is 0 Å². The molecule has 1 aromatic heterocycles. The molecule has 0 unspecified atom stereocenters. The van der Waals surface area contributed by atoms with E-state index in [9.17, 15) is 14.4 Å². The van der Waals surface area contributed by atoms with Crippen LogP contribution in [0.25, 0.3) is 10.1 Å². The topological polar surface area (TPSA) is 69.7 Å². The van der Waals surface area contributed by atoms with Crippen LogP contribution in [-0.2, 0) is 0 Å². The zero-order valence-electron chi connectivity index (χ0n) is 13.4. The van der Waals surface area contributed by atoms with Gasteiger partial charge < -0.3 is 9.47 Å². The first-order chi connectivity index (χ1) is 12.1. The molecule has 3 aromatic rings. The summed E-state index contributed by atoms with van der Waals surface area (Å²) in [6.07, 6.45) is 0.705. The number of carbonyl (C=O) groups excluding carboxylic acids is 3. The Labute approximate surface area is 146 Å². The lowest BCUT2D eigenvalue weighted by Crippen LogP contribution is -2.22. The maximum Gasteiger partial charge on any atom is 0.198 e. The van der Waals surface area contributed by atoms with Crippen LogP contribution in [0.1, 0.15) is 42.2 Å². The SMILES string of the molecule is COc1c2c(c(OC)c3c(C=O)csc13)C(=O)c1ccccc1C2=O. The summed E-state index contributed by atoms with van der Waals surface area (Å²) in [5, 5.41) is 2.16. The van der Waals surface area contributed by atoms with Crippen molar-refractivity contribution in [2.75, 3.05) is 14.2 Å². The Hall–Kier alpha value is -2.99. The highest BCUT2D eigenvalue weighted by Gasteiger charge is 2.37. The van der Waals surface area contributed by atoms with Crippen molar-refractivity contribution in [2.45, 2.75) is 0 Å². The average Bonchev–Trinajstić information content (AvgIpc) is 3.07. The van der Waals surface area contributed by atoms with Gasteiger partial charge in [-0.1, -0.05) is 24.3 Å². The van der Waals surface area contributed by atoms with Gasteiger partial charge in [-0.25, -0.2) is 0 Å². The van der Waals surface area contributed by atoms with Crippen molar-refractivity contribution in [3.8, 4) is 11.5 Å². The second-order valence-electron chi connectivity index (χ2n) is 5.53. The van der Waals surface area contributed by atoms with Crippen molar-refractivity contribution in [2.24, 2.45) is 0 Å². The summed E-state index contributed by atoms with van der Waals surface area (Å²) >= 11 is 1.28. The van der Waals surface area contributed by atoms with E-state index in [1.54, 1.807) is 29.6 Å². The molecule has 0 amide bonds. The zero-order chi connectivity index (χ0) is 17.7. The van der Waals surface area contributed by atoms with Gasteiger partial charge >= 0.3 is 0 Å². The Morgan fingerprint density at radius 3 is 2.00 bits per heavy atom. The van der Waals surface area contributed by atoms with E-state index in [-0.39, 0.29) is 28.4 Å². The maximum atomic E-state index is 13.1. The Balaban J connectivity index is 2.22. The molecule has 4 rings (SSSR count). The monoisotopic (exact) mass is 352 g/mol. The highest BCUT2D eigenvalue weighted by atomic mass is 32.1. The van der Waals surface area contributed by atoms with Crippen molar-refractivity contribution in [1.82, 2.24) is 0 Å². The first-order valence-corrected chi connectivity index (χ1v) is 8.34. The van der Waals surface area contributed by atoms with Crippen LogP contribution in [0.3, 0.4) is 0 Å². The number of methoxy groups -OCH3 is 2. The Bertz CT molecular complexity index is 1080. The van der Waals surface area contributed by atoms with E-state index in [4.69, 9.17) is 9.47 Å². The van der Waals surface area contributed by atoms with Crippen LogP contribution in [0.2, 0.25) is 0 Å². The van der Waals surface area contributed by atoms with Crippen LogP contribution < -0.4 is 9.47 Å². The Morgan fingerprint density at radius 1 is 0.920 bits per heavy atom. The van der Waals surface area contributed by atoms with E-state index in [0.717, 1.165) is 0 Å². The molecular weight excluding hydrogens is 340 g/mol. The van der Waals surface area contributed by atoms with Crippen molar-refractivity contribution in [3.05, 3.63) is 57.5 Å². The average molecular weight is 352 g/mol. The molecule has 5 nitrogen and oxygen atoms in total. The van der Waals surface area contributed by atoms with Crippen LogP contribution in [0, 0.1) is 0 Å². The molecule has 0 saturated heterocycles. The smallest absolute Gasteiger partial charge is 0.198 e. The summed E-state index contributed by atoms with van der Waals surface area (Å²) in [6, 6.07) is 6.66. The third kappa shape index (κ3) is 1.91. The molecule has 0 aliphatic heterocycles. The van der Waals surface area contributed by atoms with Crippen LogP contribution >= 0.6 is 11.3 Å². The third-order valence-electron chi connectivity index (χ3n) is 4.36. The first-order valence-electron chi connectivity index (χ1n) is 7.46. The summed E-state index contributed by atoms with van der Waals surface area (Å²) in [4.78, 5) is 37.6. The van der Waals surface area contributed by atoms with Crippen LogP contribution in [0.15, 0.2) is 29.6 Å². The van der Waals surface area contributed by atoms with Gasteiger partial charge in [-0.05, 0) is 0 Å². The highest BCUT2D eigenvalue weighted by Crippen LogP contribution is 2.48. The molecule has 0 atom stereocenters. The summed E-state index contributed by atoms with van der Waals surface area (Å²) in [5.41, 5.74) is 1.40. The lowest BCUT2D eigenvalue weighted by molar-refractivity contribution is 0.0974. The number of carbonyl (C=O) groups is 3. The Morgan fingerprint density at radius 2 is 1.48 bits per heavy atom. The fourth-order valence-electron chi connectivity index (χ4n) is 3.31. The summed E-state index contributed by atoms with van der Waals surface area (Å²) < 4.78 is 11.6. The number of ketones is 2. The number of fused-ring (bicyclic) bond motifs is 3. The van der Waals surface area contributed by atoms with Gasteiger partial charge in [0.05, 0.1) is 30.0 Å². The minimum absolute atomic E-state index is 0.150. The van der Waals surface area contributed by atoms with Crippen molar-refractivity contribution in [1.29, 1.82) is 0 Å². The second kappa shape index (κ2) is 5.53. The number of hydrogen-bond donors (Lipinski definition) is 0. The van der Waals surface area contributed by atoms with E-state index >= 15 is 0 Å². The normalized spacial score (nSPS) is 12.7. The molecule has 0 radical (unpaired) electrons. The number of ether oxygens (including phenoxy) is 2. The zero-order valence-corrected chi connectivity index (χ0v) is 14.2. The van der Waals surface area contributed by atoms with Crippen LogP contribution in [0.5, 0.6) is 11.5 Å². The third-order valence-corrected chi connectivity index (χ3v) is 5.36. The molecule has 25 heavy (non-hydrogen) atoms. The maximum absolute atomic E-state index is 13.1. The highest BCUT2D eigenvalue weighted by molar-refractivity contribution is 7.18. The molecule has 1 heterocycles. The largest absolute Gasteiger partial charge is 0.495 e. The van der Waals surface area contributed by atoms with Gasteiger partial charge in [0, 0.05) is 27.5 Å². The van der Waals surface area contributed by atoms with Crippen molar-refractivity contribution < 1.29 is 23.9 Å². The molecular formula is C19H12O5S. The molecule has 0 bridgehead atoms. The molecule has 1 aliphatic rings.